The number of pyridine rings is 1. The summed E-state index contributed by atoms with van der Waals surface area (Å²) < 4.78 is 4.49. The first-order valence-electron chi connectivity index (χ1n) is 16.1. The number of hydrogen-bond donors (Lipinski definition) is 0. The van der Waals surface area contributed by atoms with Crippen LogP contribution >= 0.6 is 0 Å². The van der Waals surface area contributed by atoms with Gasteiger partial charge in [0.05, 0.1) is 68.4 Å². The summed E-state index contributed by atoms with van der Waals surface area (Å²) in [6, 6.07) is 55.0. The second-order valence-corrected chi connectivity index (χ2v) is 12.2. The molecule has 0 fully saturated rings. The summed E-state index contributed by atoms with van der Waals surface area (Å²) in [5, 5.41) is 33.5. The van der Waals surface area contributed by atoms with Crippen LogP contribution in [0.2, 0.25) is 0 Å². The summed E-state index contributed by atoms with van der Waals surface area (Å²) in [6.45, 7) is 0. The average molecular weight is 637 g/mol. The van der Waals surface area contributed by atoms with Gasteiger partial charge >= 0.3 is 0 Å². The van der Waals surface area contributed by atoms with Crippen LogP contribution in [0, 0.1) is 34.0 Å². The van der Waals surface area contributed by atoms with Crippen molar-refractivity contribution in [3.63, 3.8) is 0 Å². The number of nitriles is 3. The zero-order valence-electron chi connectivity index (χ0n) is 26.5. The van der Waals surface area contributed by atoms with E-state index in [1.807, 2.05) is 78.9 Å². The summed E-state index contributed by atoms with van der Waals surface area (Å²) in [5.74, 6) is 0. The molecule has 0 aliphatic carbocycles. The van der Waals surface area contributed by atoms with Crippen molar-refractivity contribution < 1.29 is 0 Å². The number of benzene rings is 6. The van der Waals surface area contributed by atoms with Gasteiger partial charge < -0.3 is 9.13 Å². The SMILES string of the molecule is N#Cc1ccc2c(c1)c1cc(C#N)ccc1n2-c1cc(-c2cccc(-c3ccccc3C#N)n2)cc(-n2c3ccccc3c3ccccc32)c1. The molecule has 6 nitrogen and oxygen atoms in total. The molecule has 0 unspecified atom stereocenters. The number of nitrogens with zero attached hydrogens (tertiary/aromatic N) is 6. The van der Waals surface area contributed by atoms with E-state index in [2.05, 4.69) is 94.1 Å². The molecule has 230 valence electrons. The summed E-state index contributed by atoms with van der Waals surface area (Å²) in [6.07, 6.45) is 0. The van der Waals surface area contributed by atoms with Crippen LogP contribution in [0.25, 0.3) is 77.5 Å². The lowest BCUT2D eigenvalue weighted by molar-refractivity contribution is 1.13. The molecule has 0 radical (unpaired) electrons. The van der Waals surface area contributed by atoms with Crippen LogP contribution in [0.15, 0.2) is 146 Å². The molecule has 0 spiro atoms. The Bertz CT molecular complexity index is 2850. The average Bonchev–Trinajstić information content (AvgIpc) is 3.70. The smallest absolute Gasteiger partial charge is 0.0998 e. The standard InChI is InChI=1S/C44H24N6/c45-25-28-16-18-43-37(20-28)38-21-29(26-46)17-19-44(38)50(43)33-23-31(39-12-7-13-40(48-39)34-9-2-1-8-30(34)27-47)22-32(24-33)49-41-14-5-3-10-35(41)36-11-4-6-15-42(36)49/h1-24H. The van der Waals surface area contributed by atoms with Crippen LogP contribution in [0.3, 0.4) is 0 Å². The number of fused-ring (bicyclic) bond motifs is 6. The zero-order chi connectivity index (χ0) is 33.8. The third-order valence-electron chi connectivity index (χ3n) is 9.39. The second-order valence-electron chi connectivity index (χ2n) is 12.2. The molecule has 9 aromatic rings. The maximum absolute atomic E-state index is 9.84. The largest absolute Gasteiger partial charge is 0.309 e. The van der Waals surface area contributed by atoms with Crippen molar-refractivity contribution in [2.75, 3.05) is 0 Å². The molecule has 3 heterocycles. The highest BCUT2D eigenvalue weighted by Crippen LogP contribution is 2.38. The predicted molar refractivity (Wildman–Crippen MR) is 198 cm³/mol. The molecule has 6 heteroatoms. The fourth-order valence-corrected chi connectivity index (χ4v) is 7.19. The van der Waals surface area contributed by atoms with E-state index in [9.17, 15) is 15.8 Å². The number of rotatable bonds is 4. The minimum Gasteiger partial charge on any atom is -0.309 e. The van der Waals surface area contributed by atoms with Gasteiger partial charge in [-0.05, 0) is 84.9 Å². The Kier molecular flexibility index (Phi) is 6.53. The van der Waals surface area contributed by atoms with Crippen molar-refractivity contribution in [2.24, 2.45) is 0 Å². The predicted octanol–water partition coefficient (Wildman–Crippen LogP) is 10.2. The highest BCUT2D eigenvalue weighted by molar-refractivity contribution is 6.11. The van der Waals surface area contributed by atoms with Crippen molar-refractivity contribution in [1.29, 1.82) is 15.8 Å². The Morgan fingerprint density at radius 1 is 0.420 bits per heavy atom. The minimum absolute atomic E-state index is 0.553. The molecular formula is C44H24N6. The van der Waals surface area contributed by atoms with Gasteiger partial charge in [0.15, 0.2) is 0 Å². The van der Waals surface area contributed by atoms with Gasteiger partial charge in [-0.3, -0.25) is 0 Å². The fraction of sp³-hybridized carbons (Fsp3) is 0. The molecular weight excluding hydrogens is 613 g/mol. The van der Waals surface area contributed by atoms with Crippen LogP contribution < -0.4 is 0 Å². The van der Waals surface area contributed by atoms with E-state index in [1.54, 1.807) is 0 Å². The lowest BCUT2D eigenvalue weighted by atomic mass is 10.0. The van der Waals surface area contributed by atoms with E-state index < -0.39 is 0 Å². The van der Waals surface area contributed by atoms with Gasteiger partial charge in [0.25, 0.3) is 0 Å². The summed E-state index contributed by atoms with van der Waals surface area (Å²) >= 11 is 0. The molecule has 6 aromatic carbocycles. The quantitative estimate of drug-likeness (QED) is 0.192. The topological polar surface area (TPSA) is 94.1 Å². The van der Waals surface area contributed by atoms with E-state index in [1.165, 1.54) is 0 Å². The van der Waals surface area contributed by atoms with E-state index in [0.717, 1.165) is 71.8 Å². The van der Waals surface area contributed by atoms with Crippen LogP contribution in [0.4, 0.5) is 0 Å². The van der Waals surface area contributed by atoms with Crippen molar-refractivity contribution in [1.82, 2.24) is 14.1 Å². The van der Waals surface area contributed by atoms with Crippen molar-refractivity contribution >= 4 is 43.6 Å². The minimum atomic E-state index is 0.553. The Balaban J connectivity index is 1.38. The lowest BCUT2D eigenvalue weighted by Gasteiger charge is -2.16. The summed E-state index contributed by atoms with van der Waals surface area (Å²) in [5.41, 5.74) is 10.7. The first kappa shape index (κ1) is 28.7. The second kappa shape index (κ2) is 11.4. The first-order valence-corrected chi connectivity index (χ1v) is 16.1. The van der Waals surface area contributed by atoms with Crippen LogP contribution in [-0.4, -0.2) is 14.1 Å². The molecule has 0 aliphatic heterocycles. The summed E-state index contributed by atoms with van der Waals surface area (Å²) in [4.78, 5) is 5.12. The molecule has 50 heavy (non-hydrogen) atoms. The van der Waals surface area contributed by atoms with Gasteiger partial charge in [0, 0.05) is 44.0 Å². The third-order valence-corrected chi connectivity index (χ3v) is 9.39. The lowest BCUT2D eigenvalue weighted by Crippen LogP contribution is -2.01. The molecule has 0 atom stereocenters. The molecule has 3 aromatic heterocycles. The monoisotopic (exact) mass is 636 g/mol. The van der Waals surface area contributed by atoms with Crippen molar-refractivity contribution in [3.8, 4) is 52.1 Å². The van der Waals surface area contributed by atoms with Crippen molar-refractivity contribution in [3.05, 3.63) is 162 Å². The van der Waals surface area contributed by atoms with Gasteiger partial charge in [-0.15, -0.1) is 0 Å². The Hall–Kier alpha value is -7.46. The van der Waals surface area contributed by atoms with E-state index in [4.69, 9.17) is 4.98 Å². The van der Waals surface area contributed by atoms with Crippen molar-refractivity contribution in [2.45, 2.75) is 0 Å². The first-order chi connectivity index (χ1) is 24.6. The molecule has 9 rings (SSSR count). The molecule has 0 bridgehead atoms. The highest BCUT2D eigenvalue weighted by Gasteiger charge is 2.19. The van der Waals surface area contributed by atoms with Crippen LogP contribution in [0.5, 0.6) is 0 Å². The summed E-state index contributed by atoms with van der Waals surface area (Å²) in [7, 11) is 0. The highest BCUT2D eigenvalue weighted by atomic mass is 15.0. The third kappa shape index (κ3) is 4.44. The number of para-hydroxylation sites is 2. The van der Waals surface area contributed by atoms with E-state index in [-0.39, 0.29) is 0 Å². The van der Waals surface area contributed by atoms with Gasteiger partial charge in [-0.2, -0.15) is 15.8 Å². The molecule has 0 N–H and O–H groups in total. The Labute approximate surface area is 287 Å². The molecule has 0 saturated carbocycles. The zero-order valence-corrected chi connectivity index (χ0v) is 26.5. The molecule has 0 aliphatic rings. The molecule has 0 amide bonds. The van der Waals surface area contributed by atoms with Crippen LogP contribution in [-0.2, 0) is 0 Å². The van der Waals surface area contributed by atoms with Crippen LogP contribution in [0.1, 0.15) is 16.7 Å². The Morgan fingerprint density at radius 2 is 0.940 bits per heavy atom. The maximum atomic E-state index is 9.84. The Morgan fingerprint density at radius 3 is 1.52 bits per heavy atom. The normalized spacial score (nSPS) is 11.1. The maximum Gasteiger partial charge on any atom is 0.0998 e. The van der Waals surface area contributed by atoms with Gasteiger partial charge in [-0.25, -0.2) is 4.98 Å². The number of hydrogen-bond acceptors (Lipinski definition) is 4. The number of aromatic nitrogens is 3. The van der Waals surface area contributed by atoms with E-state index in [0.29, 0.717) is 22.4 Å². The van der Waals surface area contributed by atoms with Gasteiger partial charge in [0.2, 0.25) is 0 Å². The van der Waals surface area contributed by atoms with Gasteiger partial charge in [0.1, 0.15) is 0 Å². The van der Waals surface area contributed by atoms with E-state index >= 15 is 0 Å². The van der Waals surface area contributed by atoms with Gasteiger partial charge in [-0.1, -0.05) is 60.7 Å². The fourth-order valence-electron chi connectivity index (χ4n) is 7.19. The molecule has 0 saturated heterocycles.